The van der Waals surface area contributed by atoms with Crippen LogP contribution in [0.2, 0.25) is 0 Å². The molecular formula is C16H20BrFN2O. The third kappa shape index (κ3) is 4.04. The van der Waals surface area contributed by atoms with E-state index in [1.807, 2.05) is 12.1 Å². The summed E-state index contributed by atoms with van der Waals surface area (Å²) in [6.45, 7) is 2.79. The molecule has 0 unspecified atom stereocenters. The summed E-state index contributed by atoms with van der Waals surface area (Å²) in [4.78, 5) is 14.1. The van der Waals surface area contributed by atoms with Gasteiger partial charge in [-0.15, -0.1) is 0 Å². The number of nitrogens with zero attached hydrogens (tertiary/aromatic N) is 1. The lowest BCUT2D eigenvalue weighted by Gasteiger charge is -2.32. The summed E-state index contributed by atoms with van der Waals surface area (Å²) < 4.78 is 13.7. The van der Waals surface area contributed by atoms with Crippen LogP contribution in [0.1, 0.15) is 31.2 Å². The molecule has 0 spiro atoms. The van der Waals surface area contributed by atoms with E-state index in [1.54, 1.807) is 0 Å². The van der Waals surface area contributed by atoms with E-state index in [4.69, 9.17) is 0 Å². The van der Waals surface area contributed by atoms with Gasteiger partial charge >= 0.3 is 0 Å². The molecule has 1 aliphatic heterocycles. The molecule has 1 saturated heterocycles. The zero-order valence-corrected chi connectivity index (χ0v) is 13.5. The Kier molecular flexibility index (Phi) is 4.60. The van der Waals surface area contributed by atoms with Crippen LogP contribution < -0.4 is 5.32 Å². The van der Waals surface area contributed by atoms with Crippen LogP contribution in [0.3, 0.4) is 0 Å². The monoisotopic (exact) mass is 354 g/mol. The van der Waals surface area contributed by atoms with Crippen molar-refractivity contribution < 1.29 is 9.18 Å². The zero-order valence-electron chi connectivity index (χ0n) is 11.9. The Bertz CT molecular complexity index is 525. The van der Waals surface area contributed by atoms with Crippen LogP contribution in [0, 0.1) is 11.7 Å². The highest BCUT2D eigenvalue weighted by atomic mass is 79.9. The molecule has 1 N–H and O–H groups in total. The third-order valence-electron chi connectivity index (χ3n) is 4.27. The van der Waals surface area contributed by atoms with Crippen molar-refractivity contribution in [2.45, 2.75) is 38.3 Å². The number of hydrogen-bond acceptors (Lipinski definition) is 2. The van der Waals surface area contributed by atoms with E-state index >= 15 is 0 Å². The van der Waals surface area contributed by atoms with Crippen LogP contribution in [-0.2, 0) is 11.3 Å². The highest BCUT2D eigenvalue weighted by Crippen LogP contribution is 2.29. The Labute approximate surface area is 133 Å². The summed E-state index contributed by atoms with van der Waals surface area (Å²) in [5, 5.41) is 3.16. The van der Waals surface area contributed by atoms with Gasteiger partial charge in [-0.1, -0.05) is 6.07 Å². The van der Waals surface area contributed by atoms with Crippen LogP contribution in [0.25, 0.3) is 0 Å². The maximum Gasteiger partial charge on any atom is 0.223 e. The van der Waals surface area contributed by atoms with E-state index < -0.39 is 0 Å². The molecule has 0 atom stereocenters. The average molecular weight is 355 g/mol. The summed E-state index contributed by atoms with van der Waals surface area (Å²) in [6.07, 6.45) is 4.12. The molecule has 21 heavy (non-hydrogen) atoms. The van der Waals surface area contributed by atoms with Crippen molar-refractivity contribution >= 4 is 21.8 Å². The first kappa shape index (κ1) is 15.0. The number of amides is 1. The number of halogens is 2. The molecule has 1 heterocycles. The van der Waals surface area contributed by atoms with Gasteiger partial charge in [-0.25, -0.2) is 4.39 Å². The van der Waals surface area contributed by atoms with Gasteiger partial charge < -0.3 is 5.32 Å². The second kappa shape index (κ2) is 6.44. The first-order valence-corrected chi connectivity index (χ1v) is 8.38. The van der Waals surface area contributed by atoms with E-state index in [-0.39, 0.29) is 11.7 Å². The Morgan fingerprint density at radius 2 is 2.00 bits per heavy atom. The summed E-state index contributed by atoms with van der Waals surface area (Å²) in [5.74, 6) is 0.316. The van der Waals surface area contributed by atoms with E-state index in [0.29, 0.717) is 16.4 Å². The fourth-order valence-electron chi connectivity index (χ4n) is 2.80. The largest absolute Gasteiger partial charge is 0.353 e. The van der Waals surface area contributed by atoms with Gasteiger partial charge in [0.1, 0.15) is 5.82 Å². The molecular weight excluding hydrogens is 335 g/mol. The average Bonchev–Trinajstić information content (AvgIpc) is 3.30. The van der Waals surface area contributed by atoms with Gasteiger partial charge in [-0.3, -0.25) is 9.69 Å². The number of carbonyl (C=O) groups excluding carboxylic acids is 1. The molecule has 1 saturated carbocycles. The molecule has 0 aromatic heterocycles. The molecule has 2 fully saturated rings. The Hall–Kier alpha value is -0.940. The highest BCUT2D eigenvalue weighted by molar-refractivity contribution is 9.10. The Morgan fingerprint density at radius 1 is 1.29 bits per heavy atom. The molecule has 0 bridgehead atoms. The lowest BCUT2D eigenvalue weighted by atomic mass is 10.0. The van der Waals surface area contributed by atoms with E-state index in [9.17, 15) is 9.18 Å². The minimum Gasteiger partial charge on any atom is -0.353 e. The van der Waals surface area contributed by atoms with Gasteiger partial charge in [0.05, 0.1) is 4.47 Å². The van der Waals surface area contributed by atoms with E-state index in [2.05, 4.69) is 26.1 Å². The normalized spacial score (nSPS) is 20.5. The predicted molar refractivity (Wildman–Crippen MR) is 83.3 cm³/mol. The summed E-state index contributed by atoms with van der Waals surface area (Å²) >= 11 is 3.23. The molecule has 3 nitrogen and oxygen atoms in total. The van der Waals surface area contributed by atoms with Crippen LogP contribution in [0.15, 0.2) is 22.7 Å². The molecule has 114 valence electrons. The number of hydrogen-bond donors (Lipinski definition) is 1. The molecule has 0 radical (unpaired) electrons. The van der Waals surface area contributed by atoms with Crippen molar-refractivity contribution in [3.8, 4) is 0 Å². The first-order valence-electron chi connectivity index (χ1n) is 7.58. The van der Waals surface area contributed by atoms with Crippen LogP contribution in [0.5, 0.6) is 0 Å². The molecule has 1 aliphatic carbocycles. The van der Waals surface area contributed by atoms with Crippen molar-refractivity contribution in [1.29, 1.82) is 0 Å². The topological polar surface area (TPSA) is 32.3 Å². The number of likely N-dealkylation sites (tertiary alicyclic amines) is 1. The van der Waals surface area contributed by atoms with E-state index in [0.717, 1.165) is 50.9 Å². The van der Waals surface area contributed by atoms with Crippen molar-refractivity contribution in [2.75, 3.05) is 13.1 Å². The maximum atomic E-state index is 13.2. The molecule has 3 rings (SSSR count). The number of nitrogens with one attached hydrogen (secondary N) is 1. The molecule has 1 aromatic rings. The van der Waals surface area contributed by atoms with Gasteiger partial charge in [0.2, 0.25) is 5.91 Å². The van der Waals surface area contributed by atoms with Gasteiger partial charge in [0, 0.05) is 31.6 Å². The lowest BCUT2D eigenvalue weighted by molar-refractivity contribution is -0.123. The zero-order chi connectivity index (χ0) is 14.8. The lowest BCUT2D eigenvalue weighted by Crippen LogP contribution is -2.44. The summed E-state index contributed by atoms with van der Waals surface area (Å²) in [5.41, 5.74) is 1.11. The van der Waals surface area contributed by atoms with Gasteiger partial charge in [0.15, 0.2) is 0 Å². The van der Waals surface area contributed by atoms with Crippen molar-refractivity contribution in [3.63, 3.8) is 0 Å². The number of piperidine rings is 1. The van der Waals surface area contributed by atoms with Crippen LogP contribution in [0.4, 0.5) is 4.39 Å². The standard InChI is InChI=1S/C16H20BrFN2O/c17-14-9-11(1-4-15(14)18)10-20-7-5-13(6-8-20)19-16(21)12-2-3-12/h1,4,9,12-13H,2-3,5-8,10H2,(H,19,21). The number of rotatable bonds is 4. The number of benzene rings is 1. The molecule has 5 heteroatoms. The smallest absolute Gasteiger partial charge is 0.223 e. The second-order valence-electron chi connectivity index (χ2n) is 6.08. The number of carbonyl (C=O) groups is 1. The van der Waals surface area contributed by atoms with Gasteiger partial charge in [-0.2, -0.15) is 0 Å². The maximum absolute atomic E-state index is 13.2. The van der Waals surface area contributed by atoms with Gasteiger partial charge in [-0.05, 0) is 59.3 Å². The molecule has 2 aliphatic rings. The molecule has 1 amide bonds. The fourth-order valence-corrected chi connectivity index (χ4v) is 3.22. The first-order chi connectivity index (χ1) is 10.1. The minimum absolute atomic E-state index is 0.222. The molecule has 1 aromatic carbocycles. The van der Waals surface area contributed by atoms with Gasteiger partial charge in [0.25, 0.3) is 0 Å². The van der Waals surface area contributed by atoms with Crippen LogP contribution in [-0.4, -0.2) is 29.9 Å². The summed E-state index contributed by atoms with van der Waals surface area (Å²) in [7, 11) is 0. The van der Waals surface area contributed by atoms with E-state index in [1.165, 1.54) is 6.07 Å². The Balaban J connectivity index is 1.46. The van der Waals surface area contributed by atoms with Crippen LogP contribution >= 0.6 is 15.9 Å². The van der Waals surface area contributed by atoms with Crippen molar-refractivity contribution in [1.82, 2.24) is 10.2 Å². The summed E-state index contributed by atoms with van der Waals surface area (Å²) in [6, 6.07) is 5.51. The highest BCUT2D eigenvalue weighted by Gasteiger charge is 2.31. The second-order valence-corrected chi connectivity index (χ2v) is 6.94. The Morgan fingerprint density at radius 3 is 2.62 bits per heavy atom. The van der Waals surface area contributed by atoms with Crippen molar-refractivity contribution in [2.24, 2.45) is 5.92 Å². The quantitative estimate of drug-likeness (QED) is 0.900. The fraction of sp³-hybridized carbons (Fsp3) is 0.562. The third-order valence-corrected chi connectivity index (χ3v) is 4.88. The van der Waals surface area contributed by atoms with Crippen molar-refractivity contribution in [3.05, 3.63) is 34.1 Å². The SMILES string of the molecule is O=C(NC1CCN(Cc2ccc(F)c(Br)c2)CC1)C1CC1. The predicted octanol–water partition coefficient (Wildman–Crippen LogP) is 3.08. The minimum atomic E-state index is -0.222.